The van der Waals surface area contributed by atoms with E-state index >= 15 is 0 Å². The van der Waals surface area contributed by atoms with E-state index in [0.29, 0.717) is 49.6 Å². The summed E-state index contributed by atoms with van der Waals surface area (Å²) in [5, 5.41) is 2.84. The maximum absolute atomic E-state index is 14.1. The number of nitrogens with one attached hydrogen (secondary N) is 1. The van der Waals surface area contributed by atoms with Crippen molar-refractivity contribution in [3.63, 3.8) is 0 Å². The molecule has 0 atom stereocenters. The maximum Gasteiger partial charge on any atom is 0.228 e. The van der Waals surface area contributed by atoms with Gasteiger partial charge in [-0.15, -0.1) is 0 Å². The molecular weight excluding hydrogens is 366 g/mol. The summed E-state index contributed by atoms with van der Waals surface area (Å²) in [6.45, 7) is 2.41. The SMILES string of the molecule is Nc1ccc(-c2cc(Nc3cc(F)ccc3F)nc(N3CCOCC3)n2)cn1. The molecule has 1 aromatic carbocycles. The Bertz CT molecular complexity index is 977. The lowest BCUT2D eigenvalue weighted by atomic mass is 10.2. The van der Waals surface area contributed by atoms with Crippen molar-refractivity contribution in [3.8, 4) is 11.3 Å². The second-order valence-corrected chi connectivity index (χ2v) is 6.26. The van der Waals surface area contributed by atoms with Crippen molar-refractivity contribution in [1.82, 2.24) is 15.0 Å². The minimum absolute atomic E-state index is 0.00647. The van der Waals surface area contributed by atoms with Crippen LogP contribution in [-0.2, 0) is 4.74 Å². The van der Waals surface area contributed by atoms with E-state index in [4.69, 9.17) is 10.5 Å². The lowest BCUT2D eigenvalue weighted by Crippen LogP contribution is -2.37. The zero-order valence-corrected chi connectivity index (χ0v) is 14.9. The molecule has 3 aromatic rings. The van der Waals surface area contributed by atoms with Crippen molar-refractivity contribution < 1.29 is 13.5 Å². The number of halogens is 2. The van der Waals surface area contributed by atoms with Gasteiger partial charge < -0.3 is 20.7 Å². The second-order valence-electron chi connectivity index (χ2n) is 6.26. The summed E-state index contributed by atoms with van der Waals surface area (Å²) in [5.74, 6) is 0.0779. The molecule has 0 spiro atoms. The zero-order chi connectivity index (χ0) is 19.5. The lowest BCUT2D eigenvalue weighted by molar-refractivity contribution is 0.122. The highest BCUT2D eigenvalue weighted by atomic mass is 19.1. The number of ether oxygens (including phenoxy) is 1. The molecule has 4 rings (SSSR count). The fraction of sp³-hybridized carbons (Fsp3) is 0.211. The first-order chi connectivity index (χ1) is 13.6. The molecule has 0 saturated carbocycles. The van der Waals surface area contributed by atoms with Crippen LogP contribution in [-0.4, -0.2) is 41.3 Å². The minimum atomic E-state index is -0.580. The normalized spacial score (nSPS) is 14.1. The predicted octanol–water partition coefficient (Wildman–Crippen LogP) is 2.98. The molecule has 1 fully saturated rings. The van der Waals surface area contributed by atoms with Gasteiger partial charge in [-0.05, 0) is 24.3 Å². The topological polar surface area (TPSA) is 89.2 Å². The van der Waals surface area contributed by atoms with Crippen LogP contribution in [0.5, 0.6) is 0 Å². The van der Waals surface area contributed by atoms with E-state index in [0.717, 1.165) is 23.8 Å². The van der Waals surface area contributed by atoms with Crippen LogP contribution in [0.1, 0.15) is 0 Å². The molecule has 1 saturated heterocycles. The Hall–Kier alpha value is -3.33. The fourth-order valence-corrected chi connectivity index (χ4v) is 2.84. The Morgan fingerprint density at radius 2 is 1.86 bits per heavy atom. The molecule has 1 aliphatic heterocycles. The molecule has 3 N–H and O–H groups in total. The highest BCUT2D eigenvalue weighted by Gasteiger charge is 2.17. The van der Waals surface area contributed by atoms with Crippen LogP contribution in [0.2, 0.25) is 0 Å². The van der Waals surface area contributed by atoms with Crippen LogP contribution >= 0.6 is 0 Å². The van der Waals surface area contributed by atoms with E-state index in [1.165, 1.54) is 0 Å². The number of hydrogen-bond donors (Lipinski definition) is 2. The summed E-state index contributed by atoms with van der Waals surface area (Å²) in [7, 11) is 0. The fourth-order valence-electron chi connectivity index (χ4n) is 2.84. The molecule has 144 valence electrons. The number of anilines is 4. The van der Waals surface area contributed by atoms with E-state index in [-0.39, 0.29) is 5.69 Å². The lowest BCUT2D eigenvalue weighted by Gasteiger charge is -2.27. The molecule has 2 aromatic heterocycles. The van der Waals surface area contributed by atoms with Gasteiger partial charge in [-0.3, -0.25) is 0 Å². The highest BCUT2D eigenvalue weighted by molar-refractivity contribution is 5.68. The monoisotopic (exact) mass is 384 g/mol. The number of hydrogen-bond acceptors (Lipinski definition) is 7. The van der Waals surface area contributed by atoms with Crippen LogP contribution < -0.4 is 16.0 Å². The third-order valence-corrected chi connectivity index (χ3v) is 4.28. The third-order valence-electron chi connectivity index (χ3n) is 4.28. The van der Waals surface area contributed by atoms with Crippen molar-refractivity contribution in [1.29, 1.82) is 0 Å². The largest absolute Gasteiger partial charge is 0.384 e. The van der Waals surface area contributed by atoms with Gasteiger partial charge in [0.1, 0.15) is 23.3 Å². The molecule has 0 unspecified atom stereocenters. The number of nitrogen functional groups attached to an aromatic ring is 1. The number of aromatic nitrogens is 3. The Labute approximate surface area is 160 Å². The van der Waals surface area contributed by atoms with Crippen LogP contribution in [0.25, 0.3) is 11.3 Å². The molecule has 9 heteroatoms. The molecule has 1 aliphatic rings. The molecule has 3 heterocycles. The first-order valence-electron chi connectivity index (χ1n) is 8.74. The Morgan fingerprint density at radius 1 is 1.04 bits per heavy atom. The predicted molar refractivity (Wildman–Crippen MR) is 102 cm³/mol. The van der Waals surface area contributed by atoms with Crippen molar-refractivity contribution in [2.24, 2.45) is 0 Å². The summed E-state index contributed by atoms with van der Waals surface area (Å²) in [4.78, 5) is 15.2. The van der Waals surface area contributed by atoms with Crippen molar-refractivity contribution in [2.75, 3.05) is 42.3 Å². The van der Waals surface area contributed by atoms with Crippen molar-refractivity contribution >= 4 is 23.3 Å². The van der Waals surface area contributed by atoms with Gasteiger partial charge in [-0.2, -0.15) is 4.98 Å². The Kier molecular flexibility index (Phi) is 4.98. The quantitative estimate of drug-likeness (QED) is 0.715. The highest BCUT2D eigenvalue weighted by Crippen LogP contribution is 2.26. The molecule has 0 aliphatic carbocycles. The Morgan fingerprint density at radius 3 is 2.61 bits per heavy atom. The van der Waals surface area contributed by atoms with Gasteiger partial charge in [0.2, 0.25) is 5.95 Å². The zero-order valence-electron chi connectivity index (χ0n) is 14.9. The van der Waals surface area contributed by atoms with Gasteiger partial charge in [0.25, 0.3) is 0 Å². The molecule has 0 bridgehead atoms. The minimum Gasteiger partial charge on any atom is -0.384 e. The van der Waals surface area contributed by atoms with Crippen molar-refractivity contribution in [2.45, 2.75) is 0 Å². The summed E-state index contributed by atoms with van der Waals surface area (Å²) < 4.78 is 33.0. The molecule has 0 radical (unpaired) electrons. The molecule has 7 nitrogen and oxygen atoms in total. The first-order valence-corrected chi connectivity index (χ1v) is 8.74. The van der Waals surface area contributed by atoms with Gasteiger partial charge in [0.05, 0.1) is 24.6 Å². The molecule has 28 heavy (non-hydrogen) atoms. The summed E-state index contributed by atoms with van der Waals surface area (Å²) in [6, 6.07) is 8.32. The van der Waals surface area contributed by atoms with E-state index < -0.39 is 11.6 Å². The molecular formula is C19H18F2N6O. The van der Waals surface area contributed by atoms with Crippen LogP contribution in [0.3, 0.4) is 0 Å². The van der Waals surface area contributed by atoms with E-state index in [9.17, 15) is 8.78 Å². The average molecular weight is 384 g/mol. The smallest absolute Gasteiger partial charge is 0.228 e. The standard InChI is InChI=1S/C19H18F2N6O/c20-13-2-3-14(21)16(9-13)24-18-10-15(12-1-4-17(22)23-11-12)25-19(26-18)27-5-7-28-8-6-27/h1-4,9-11H,5-8H2,(H2,22,23)(H,24,25,26). The van der Waals surface area contributed by atoms with Gasteiger partial charge in [0, 0.05) is 37.0 Å². The van der Waals surface area contributed by atoms with Crippen LogP contribution in [0, 0.1) is 11.6 Å². The number of nitrogens with zero attached hydrogens (tertiary/aromatic N) is 4. The third kappa shape index (κ3) is 3.99. The van der Waals surface area contributed by atoms with Gasteiger partial charge >= 0.3 is 0 Å². The summed E-state index contributed by atoms with van der Waals surface area (Å²) >= 11 is 0. The first kappa shape index (κ1) is 18.1. The summed E-state index contributed by atoms with van der Waals surface area (Å²) in [6.07, 6.45) is 1.60. The van der Waals surface area contributed by atoms with Gasteiger partial charge in [-0.1, -0.05) is 0 Å². The van der Waals surface area contributed by atoms with Crippen molar-refractivity contribution in [3.05, 3.63) is 54.2 Å². The van der Waals surface area contributed by atoms with Gasteiger partial charge in [0.15, 0.2) is 0 Å². The molecule has 0 amide bonds. The van der Waals surface area contributed by atoms with Crippen LogP contribution in [0.15, 0.2) is 42.6 Å². The number of pyridine rings is 1. The number of morpholine rings is 1. The van der Waals surface area contributed by atoms with E-state index in [2.05, 4.69) is 20.3 Å². The van der Waals surface area contributed by atoms with Gasteiger partial charge in [-0.25, -0.2) is 18.7 Å². The maximum atomic E-state index is 14.1. The number of benzene rings is 1. The summed E-state index contributed by atoms with van der Waals surface area (Å²) in [5.41, 5.74) is 6.97. The average Bonchev–Trinajstić information content (AvgIpc) is 2.72. The van der Waals surface area contributed by atoms with E-state index in [1.807, 2.05) is 4.90 Å². The number of rotatable bonds is 4. The number of nitrogens with two attached hydrogens (primary N) is 1. The Balaban J connectivity index is 1.74. The second kappa shape index (κ2) is 7.73. The van der Waals surface area contributed by atoms with E-state index in [1.54, 1.807) is 24.4 Å². The van der Waals surface area contributed by atoms with Crippen LogP contribution in [0.4, 0.5) is 32.1 Å².